The maximum Gasteiger partial charge on any atom is 0.283 e. The van der Waals surface area contributed by atoms with Crippen molar-refractivity contribution in [2.45, 2.75) is 13.2 Å². The molecule has 12 heteroatoms. The van der Waals surface area contributed by atoms with Gasteiger partial charge in [-0.05, 0) is 35.4 Å². The number of hydrogen-bond donors (Lipinski definition) is 4. The van der Waals surface area contributed by atoms with E-state index in [1.54, 1.807) is 24.3 Å². The molecule has 0 aliphatic rings. The van der Waals surface area contributed by atoms with Gasteiger partial charge in [-0.1, -0.05) is 6.07 Å². The average Bonchev–Trinajstić information content (AvgIpc) is 2.64. The molecule has 0 aromatic heterocycles. The Morgan fingerprint density at radius 1 is 0.964 bits per heavy atom. The van der Waals surface area contributed by atoms with Crippen LogP contribution in [0.25, 0.3) is 0 Å². The zero-order valence-electron chi connectivity index (χ0n) is 14.8. The monoisotopic (exact) mass is 413 g/mol. The molecule has 0 saturated carbocycles. The maximum absolute atomic E-state index is 10.8. The van der Waals surface area contributed by atoms with Crippen molar-refractivity contribution in [1.82, 2.24) is 0 Å². The van der Waals surface area contributed by atoms with E-state index in [2.05, 4.69) is 25.3 Å². The summed E-state index contributed by atoms with van der Waals surface area (Å²) >= 11 is 0. The lowest BCUT2D eigenvalue weighted by molar-refractivity contribution is -0.254. The summed E-state index contributed by atoms with van der Waals surface area (Å²) in [4.78, 5) is 8.22. The van der Waals surface area contributed by atoms with Crippen LogP contribution in [0.5, 0.6) is 5.75 Å². The van der Waals surface area contributed by atoms with Gasteiger partial charge < -0.3 is 10.1 Å². The molecule has 0 fully saturated rings. The number of nitrogens with zero attached hydrogens (tertiary/aromatic N) is 2. The van der Waals surface area contributed by atoms with E-state index in [1.165, 1.54) is 19.2 Å². The van der Waals surface area contributed by atoms with Crippen LogP contribution in [0.2, 0.25) is 0 Å². The zero-order chi connectivity index (χ0) is 20.6. The second-order valence-electron chi connectivity index (χ2n) is 5.54. The molecule has 2 aromatic carbocycles. The molecule has 2 aromatic rings. The van der Waals surface area contributed by atoms with E-state index >= 15 is 0 Å². The molecule has 0 aliphatic carbocycles. The van der Waals surface area contributed by atoms with Crippen LogP contribution in [0.1, 0.15) is 11.1 Å². The molecule has 0 heterocycles. The Labute approximate surface area is 160 Å². The minimum atomic E-state index is -4.19. The van der Waals surface area contributed by atoms with Gasteiger partial charge in [-0.3, -0.25) is 15.1 Å². The first-order chi connectivity index (χ1) is 13.3. The lowest BCUT2D eigenvalue weighted by Gasteiger charge is -2.10. The minimum absolute atomic E-state index is 0.0796. The topological polar surface area (TPSA) is 159 Å². The highest BCUT2D eigenvalue weighted by molar-refractivity contribution is 7.85. The van der Waals surface area contributed by atoms with Gasteiger partial charge in [-0.15, -0.1) is 0 Å². The Bertz CT molecular complexity index is 909. The van der Waals surface area contributed by atoms with Gasteiger partial charge in [0.2, 0.25) is 0 Å². The molecule has 11 nitrogen and oxygen atoms in total. The van der Waals surface area contributed by atoms with Crippen LogP contribution in [0.3, 0.4) is 0 Å². The molecule has 4 N–H and O–H groups in total. The quantitative estimate of drug-likeness (QED) is 0.198. The van der Waals surface area contributed by atoms with Gasteiger partial charge in [-0.25, -0.2) is 9.78 Å². The van der Waals surface area contributed by atoms with E-state index < -0.39 is 16.0 Å². The Morgan fingerprint density at radius 3 is 2.11 bits per heavy atom. The molecule has 0 atom stereocenters. The van der Waals surface area contributed by atoms with E-state index in [0.717, 1.165) is 0 Å². The molecule has 0 amide bonds. The molecular formula is C16H19N3O8S. The predicted octanol–water partition coefficient (Wildman–Crippen LogP) is 3.35. The van der Waals surface area contributed by atoms with Gasteiger partial charge in [0.15, 0.2) is 0 Å². The molecule has 0 radical (unpaired) electrons. The van der Waals surface area contributed by atoms with Crippen molar-refractivity contribution in [3.63, 3.8) is 0 Å². The predicted molar refractivity (Wildman–Crippen MR) is 98.5 cm³/mol. The maximum atomic E-state index is 10.8. The Balaban J connectivity index is 2.23. The first-order valence-electron chi connectivity index (χ1n) is 7.79. The fourth-order valence-corrected chi connectivity index (χ4v) is 2.63. The van der Waals surface area contributed by atoms with E-state index in [9.17, 15) is 8.42 Å². The van der Waals surface area contributed by atoms with Crippen molar-refractivity contribution >= 4 is 27.2 Å². The SMILES string of the molecule is COc1cc(N=Nc2cc(COO)cc(COO)c2)ccc1NCS(=O)(=O)O. The first-order valence-corrected chi connectivity index (χ1v) is 9.40. The largest absolute Gasteiger partial charge is 0.495 e. The summed E-state index contributed by atoms with van der Waals surface area (Å²) in [5, 5.41) is 27.9. The highest BCUT2D eigenvalue weighted by Gasteiger charge is 2.09. The molecule has 0 bridgehead atoms. The Kier molecular flexibility index (Phi) is 7.80. The number of azo groups is 1. The van der Waals surface area contributed by atoms with Crippen molar-refractivity contribution in [1.29, 1.82) is 0 Å². The summed E-state index contributed by atoms with van der Waals surface area (Å²) in [7, 11) is -2.79. The average molecular weight is 413 g/mol. The lowest BCUT2D eigenvalue weighted by Crippen LogP contribution is -2.13. The molecule has 0 unspecified atom stereocenters. The van der Waals surface area contributed by atoms with Crippen LogP contribution < -0.4 is 10.1 Å². The highest BCUT2D eigenvalue weighted by atomic mass is 32.2. The zero-order valence-corrected chi connectivity index (χ0v) is 15.6. The third kappa shape index (κ3) is 6.84. The Hall–Kier alpha value is -2.61. The molecule has 2 rings (SSSR count). The second kappa shape index (κ2) is 10.1. The summed E-state index contributed by atoms with van der Waals surface area (Å²) in [6, 6.07) is 9.52. The van der Waals surface area contributed by atoms with Crippen LogP contribution >= 0.6 is 0 Å². The summed E-state index contributed by atoms with van der Waals surface area (Å²) in [5.74, 6) is -0.364. The summed E-state index contributed by atoms with van der Waals surface area (Å²) in [6.45, 7) is -0.159. The van der Waals surface area contributed by atoms with Crippen molar-refractivity contribution in [2.24, 2.45) is 10.2 Å². The molecule has 28 heavy (non-hydrogen) atoms. The van der Waals surface area contributed by atoms with Crippen molar-refractivity contribution in [3.05, 3.63) is 47.5 Å². The molecular weight excluding hydrogens is 394 g/mol. The number of rotatable bonds is 10. The molecule has 0 aliphatic heterocycles. The highest BCUT2D eigenvalue weighted by Crippen LogP contribution is 2.30. The van der Waals surface area contributed by atoms with Gasteiger partial charge in [-0.2, -0.15) is 18.6 Å². The van der Waals surface area contributed by atoms with Crippen molar-refractivity contribution in [2.75, 3.05) is 18.3 Å². The van der Waals surface area contributed by atoms with Gasteiger partial charge in [0.05, 0.1) is 24.2 Å². The third-order valence-corrected chi connectivity index (χ3v) is 3.92. The standard InChI is InChI=1S/C16H19N3O8S/c1-25-16-7-13(2-3-15(16)17-10-28(22,23)24)18-19-14-5-11(8-26-20)4-12(6-14)9-27-21/h2-7,17,20-21H,8-10H2,1H3,(H,22,23,24). The number of benzene rings is 2. The van der Waals surface area contributed by atoms with Crippen molar-refractivity contribution in [3.8, 4) is 5.75 Å². The smallest absolute Gasteiger partial charge is 0.283 e. The van der Waals surface area contributed by atoms with Gasteiger partial charge in [0.25, 0.3) is 10.1 Å². The first kappa shape index (κ1) is 21.7. The number of hydrogen-bond acceptors (Lipinski definition) is 10. The molecule has 152 valence electrons. The lowest BCUT2D eigenvalue weighted by atomic mass is 10.1. The normalized spacial score (nSPS) is 11.7. The van der Waals surface area contributed by atoms with Crippen LogP contribution in [0.4, 0.5) is 17.1 Å². The fraction of sp³-hybridized carbons (Fsp3) is 0.250. The molecule has 0 spiro atoms. The van der Waals surface area contributed by atoms with Gasteiger partial charge in [0, 0.05) is 6.07 Å². The number of nitrogens with one attached hydrogen (secondary N) is 1. The minimum Gasteiger partial charge on any atom is -0.495 e. The number of methoxy groups -OCH3 is 1. The van der Waals surface area contributed by atoms with Crippen LogP contribution in [0.15, 0.2) is 46.6 Å². The van der Waals surface area contributed by atoms with Gasteiger partial charge >= 0.3 is 0 Å². The van der Waals surface area contributed by atoms with Gasteiger partial charge in [0.1, 0.15) is 24.8 Å². The number of anilines is 1. The van der Waals surface area contributed by atoms with E-state index in [4.69, 9.17) is 19.8 Å². The summed E-state index contributed by atoms with van der Waals surface area (Å²) < 4.78 is 35.7. The summed E-state index contributed by atoms with van der Waals surface area (Å²) in [6.07, 6.45) is 0. The second-order valence-corrected chi connectivity index (χ2v) is 6.99. The van der Waals surface area contributed by atoms with E-state index in [1.807, 2.05) is 0 Å². The fourth-order valence-electron chi connectivity index (χ4n) is 2.29. The molecule has 0 saturated heterocycles. The third-order valence-electron chi connectivity index (χ3n) is 3.41. The number of ether oxygens (including phenoxy) is 1. The van der Waals surface area contributed by atoms with Crippen LogP contribution in [-0.4, -0.2) is 36.5 Å². The summed E-state index contributed by atoms with van der Waals surface area (Å²) in [5.41, 5.74) is 2.37. The Morgan fingerprint density at radius 2 is 1.57 bits per heavy atom. The van der Waals surface area contributed by atoms with Crippen LogP contribution in [0, 0.1) is 0 Å². The van der Waals surface area contributed by atoms with Crippen molar-refractivity contribution < 1.29 is 38.0 Å². The van der Waals surface area contributed by atoms with E-state index in [0.29, 0.717) is 33.9 Å². The van der Waals surface area contributed by atoms with Crippen LogP contribution in [-0.2, 0) is 33.1 Å². The van der Waals surface area contributed by atoms with E-state index in [-0.39, 0.29) is 13.2 Å².